The molecule has 0 radical (unpaired) electrons. The Kier molecular flexibility index (Phi) is 6.22. The van der Waals surface area contributed by atoms with Gasteiger partial charge in [-0.15, -0.1) is 0 Å². The first-order valence-corrected chi connectivity index (χ1v) is 10.5. The number of hydrogen-bond donors (Lipinski definition) is 0. The van der Waals surface area contributed by atoms with Crippen molar-refractivity contribution in [3.8, 4) is 0 Å². The fourth-order valence-corrected chi connectivity index (χ4v) is 4.96. The molecule has 0 N–H and O–H groups in total. The lowest BCUT2D eigenvalue weighted by atomic mass is 10.2. The molecular formula is C19H18Cl2N2O3S. The number of halogens is 2. The maximum absolute atomic E-state index is 12.8. The molecule has 0 saturated carbocycles. The Labute approximate surface area is 168 Å². The molecule has 0 spiro atoms. The number of carbonyl (C=O) groups is 1. The van der Waals surface area contributed by atoms with E-state index >= 15 is 0 Å². The lowest BCUT2D eigenvalue weighted by Gasteiger charge is -2.33. The molecule has 2 aromatic rings. The van der Waals surface area contributed by atoms with Crippen LogP contribution in [-0.2, 0) is 14.8 Å². The lowest BCUT2D eigenvalue weighted by Crippen LogP contribution is -2.50. The van der Waals surface area contributed by atoms with Gasteiger partial charge in [-0.2, -0.15) is 4.31 Å². The van der Waals surface area contributed by atoms with E-state index in [9.17, 15) is 13.2 Å². The minimum Gasteiger partial charge on any atom is -0.337 e. The van der Waals surface area contributed by atoms with Crippen molar-refractivity contribution < 1.29 is 13.2 Å². The van der Waals surface area contributed by atoms with Crippen molar-refractivity contribution in [3.05, 3.63) is 70.2 Å². The molecule has 8 heteroatoms. The maximum atomic E-state index is 12.8. The molecule has 0 aliphatic carbocycles. The molecule has 1 aliphatic rings. The topological polar surface area (TPSA) is 57.7 Å². The van der Waals surface area contributed by atoms with Crippen molar-refractivity contribution in [2.45, 2.75) is 4.90 Å². The number of benzene rings is 2. The summed E-state index contributed by atoms with van der Waals surface area (Å²) in [5.74, 6) is -0.142. The Morgan fingerprint density at radius 1 is 0.963 bits per heavy atom. The average molecular weight is 425 g/mol. The molecule has 1 amide bonds. The molecule has 3 rings (SSSR count). The molecule has 2 aromatic carbocycles. The fourth-order valence-electron chi connectivity index (χ4n) is 2.80. The van der Waals surface area contributed by atoms with Crippen LogP contribution in [0.25, 0.3) is 6.08 Å². The molecular weight excluding hydrogens is 407 g/mol. The van der Waals surface area contributed by atoms with Gasteiger partial charge >= 0.3 is 0 Å². The summed E-state index contributed by atoms with van der Waals surface area (Å²) in [5, 5.41) is 0.432. The zero-order chi connectivity index (χ0) is 19.4. The molecule has 0 bridgehead atoms. The highest BCUT2D eigenvalue weighted by Crippen LogP contribution is 2.28. The van der Waals surface area contributed by atoms with E-state index in [2.05, 4.69) is 0 Å². The summed E-state index contributed by atoms with van der Waals surface area (Å²) in [7, 11) is -3.76. The van der Waals surface area contributed by atoms with Gasteiger partial charge in [0.25, 0.3) is 0 Å². The normalized spacial score (nSPS) is 16.0. The zero-order valence-corrected chi connectivity index (χ0v) is 16.7. The van der Waals surface area contributed by atoms with Gasteiger partial charge < -0.3 is 4.90 Å². The number of amides is 1. The minimum absolute atomic E-state index is 0.0135. The summed E-state index contributed by atoms with van der Waals surface area (Å²) >= 11 is 12.0. The van der Waals surface area contributed by atoms with Gasteiger partial charge in [0.2, 0.25) is 15.9 Å². The van der Waals surface area contributed by atoms with E-state index < -0.39 is 10.0 Å². The third-order valence-electron chi connectivity index (χ3n) is 4.28. The predicted octanol–water partition coefficient (Wildman–Crippen LogP) is 3.54. The Hall–Kier alpha value is -1.86. The SMILES string of the molecule is O=C(/C=C/c1ccccc1)N1CCN(S(=O)(=O)c2cc(Cl)ccc2Cl)CC1. The van der Waals surface area contributed by atoms with Gasteiger partial charge in [-0.3, -0.25) is 4.79 Å². The Bertz CT molecular complexity index is 954. The Morgan fingerprint density at radius 3 is 2.30 bits per heavy atom. The van der Waals surface area contributed by atoms with Gasteiger partial charge in [0, 0.05) is 37.3 Å². The van der Waals surface area contributed by atoms with E-state index in [1.807, 2.05) is 30.3 Å². The van der Waals surface area contributed by atoms with Crippen molar-refractivity contribution in [1.82, 2.24) is 9.21 Å². The van der Waals surface area contributed by atoms with E-state index in [4.69, 9.17) is 23.2 Å². The first kappa shape index (κ1) is 19.9. The summed E-state index contributed by atoms with van der Waals surface area (Å²) in [4.78, 5) is 13.9. The first-order valence-electron chi connectivity index (χ1n) is 8.35. The van der Waals surface area contributed by atoms with Crippen molar-refractivity contribution in [2.24, 2.45) is 0 Å². The zero-order valence-electron chi connectivity index (χ0n) is 14.4. The molecule has 0 aromatic heterocycles. The van der Waals surface area contributed by atoms with Crippen molar-refractivity contribution >= 4 is 45.2 Å². The smallest absolute Gasteiger partial charge is 0.246 e. The molecule has 0 unspecified atom stereocenters. The number of hydrogen-bond acceptors (Lipinski definition) is 3. The third kappa shape index (κ3) is 4.71. The lowest BCUT2D eigenvalue weighted by molar-refractivity contribution is -0.127. The van der Waals surface area contributed by atoms with Crippen LogP contribution in [0.3, 0.4) is 0 Å². The molecule has 142 valence electrons. The highest BCUT2D eigenvalue weighted by Gasteiger charge is 2.31. The standard InChI is InChI=1S/C19H18Cl2N2O3S/c20-16-7-8-17(21)18(14-16)27(25,26)23-12-10-22(11-13-23)19(24)9-6-15-4-2-1-3-5-15/h1-9,14H,10-13H2/b9-6+. The number of nitrogens with zero attached hydrogens (tertiary/aromatic N) is 2. The average Bonchev–Trinajstić information content (AvgIpc) is 2.68. The summed E-state index contributed by atoms with van der Waals surface area (Å²) in [5.41, 5.74) is 0.933. The third-order valence-corrected chi connectivity index (χ3v) is 6.89. The highest BCUT2D eigenvalue weighted by atomic mass is 35.5. The highest BCUT2D eigenvalue weighted by molar-refractivity contribution is 7.89. The van der Waals surface area contributed by atoms with Gasteiger partial charge in [-0.05, 0) is 29.8 Å². The molecule has 1 aliphatic heterocycles. The fraction of sp³-hybridized carbons (Fsp3) is 0.211. The van der Waals surface area contributed by atoms with Crippen LogP contribution < -0.4 is 0 Å². The largest absolute Gasteiger partial charge is 0.337 e. The molecule has 0 atom stereocenters. The van der Waals surface area contributed by atoms with E-state index in [1.54, 1.807) is 17.0 Å². The second-order valence-corrected chi connectivity index (χ2v) is 8.80. The minimum atomic E-state index is -3.76. The van der Waals surface area contributed by atoms with E-state index in [0.29, 0.717) is 18.1 Å². The van der Waals surface area contributed by atoms with Crippen molar-refractivity contribution in [3.63, 3.8) is 0 Å². The van der Waals surface area contributed by atoms with Crippen LogP contribution in [0.5, 0.6) is 0 Å². The second-order valence-electron chi connectivity index (χ2n) is 6.05. The monoisotopic (exact) mass is 424 g/mol. The van der Waals surface area contributed by atoms with E-state index in [1.165, 1.54) is 22.5 Å². The van der Waals surface area contributed by atoms with Gasteiger partial charge in [-0.1, -0.05) is 53.5 Å². The van der Waals surface area contributed by atoms with Gasteiger partial charge in [0.1, 0.15) is 4.90 Å². The van der Waals surface area contributed by atoms with Crippen molar-refractivity contribution in [1.29, 1.82) is 0 Å². The Morgan fingerprint density at radius 2 is 1.63 bits per heavy atom. The summed E-state index contributed by atoms with van der Waals surface area (Å²) < 4.78 is 27.0. The Balaban J connectivity index is 1.65. The molecule has 5 nitrogen and oxygen atoms in total. The summed E-state index contributed by atoms with van der Waals surface area (Å²) in [6.07, 6.45) is 3.25. The number of piperazine rings is 1. The van der Waals surface area contributed by atoms with Crippen LogP contribution in [0.1, 0.15) is 5.56 Å². The first-order chi connectivity index (χ1) is 12.9. The quantitative estimate of drug-likeness (QED) is 0.705. The van der Waals surface area contributed by atoms with Crippen LogP contribution in [0.15, 0.2) is 59.5 Å². The molecule has 27 heavy (non-hydrogen) atoms. The van der Waals surface area contributed by atoms with Crippen LogP contribution >= 0.6 is 23.2 Å². The second kappa shape index (κ2) is 8.44. The summed E-state index contributed by atoms with van der Waals surface area (Å²) in [6.45, 7) is 1.04. The van der Waals surface area contributed by atoms with Gasteiger partial charge in [0.05, 0.1) is 5.02 Å². The van der Waals surface area contributed by atoms with E-state index in [-0.39, 0.29) is 28.9 Å². The van der Waals surface area contributed by atoms with Crippen LogP contribution in [0.2, 0.25) is 10.0 Å². The maximum Gasteiger partial charge on any atom is 0.246 e. The van der Waals surface area contributed by atoms with Crippen molar-refractivity contribution in [2.75, 3.05) is 26.2 Å². The molecule has 1 saturated heterocycles. The van der Waals surface area contributed by atoms with Crippen LogP contribution in [-0.4, -0.2) is 49.7 Å². The molecule has 1 heterocycles. The number of carbonyl (C=O) groups excluding carboxylic acids is 1. The number of sulfonamides is 1. The van der Waals surface area contributed by atoms with E-state index in [0.717, 1.165) is 5.56 Å². The predicted molar refractivity (Wildman–Crippen MR) is 107 cm³/mol. The van der Waals surface area contributed by atoms with Crippen LogP contribution in [0, 0.1) is 0 Å². The molecule has 1 fully saturated rings. The van der Waals surface area contributed by atoms with Gasteiger partial charge in [-0.25, -0.2) is 8.42 Å². The van der Waals surface area contributed by atoms with Crippen LogP contribution in [0.4, 0.5) is 0 Å². The van der Waals surface area contributed by atoms with Gasteiger partial charge in [0.15, 0.2) is 0 Å². The number of rotatable bonds is 4. The summed E-state index contributed by atoms with van der Waals surface area (Å²) in [6, 6.07) is 13.9.